The summed E-state index contributed by atoms with van der Waals surface area (Å²) in [7, 11) is 2.90. The van der Waals surface area contributed by atoms with Crippen LogP contribution in [0.3, 0.4) is 0 Å². The Balaban J connectivity index is 1.76. The highest BCUT2D eigenvalue weighted by molar-refractivity contribution is 5.99. The highest BCUT2D eigenvalue weighted by Crippen LogP contribution is 2.40. The number of esters is 1. The van der Waals surface area contributed by atoms with Gasteiger partial charge in [-0.2, -0.15) is 0 Å². The molecular weight excluding hydrogens is 360 g/mol. The van der Waals surface area contributed by atoms with E-state index in [0.29, 0.717) is 23.1 Å². The van der Waals surface area contributed by atoms with Crippen LogP contribution in [0.25, 0.3) is 10.9 Å². The van der Waals surface area contributed by atoms with E-state index in [2.05, 4.69) is 4.98 Å². The number of likely N-dealkylation sites (tertiary alicyclic amines) is 1. The lowest BCUT2D eigenvalue weighted by Gasteiger charge is -2.33. The highest BCUT2D eigenvalue weighted by atomic mass is 16.5. The molecule has 1 aromatic heterocycles. The van der Waals surface area contributed by atoms with E-state index in [9.17, 15) is 14.4 Å². The van der Waals surface area contributed by atoms with E-state index in [1.807, 2.05) is 0 Å². The number of pyridine rings is 1. The summed E-state index contributed by atoms with van der Waals surface area (Å²) in [5.74, 6) is 0.0951. The first-order valence-electron chi connectivity index (χ1n) is 9.65. The van der Waals surface area contributed by atoms with E-state index < -0.39 is 23.5 Å². The monoisotopic (exact) mass is 384 g/mol. The second-order valence-electron chi connectivity index (χ2n) is 7.56. The van der Waals surface area contributed by atoms with Gasteiger partial charge in [-0.25, -0.2) is 4.79 Å². The van der Waals surface area contributed by atoms with Crippen LogP contribution in [0.15, 0.2) is 29.1 Å². The summed E-state index contributed by atoms with van der Waals surface area (Å²) in [6.45, 7) is 0. The number of carbonyl (C=O) groups is 2. The lowest BCUT2D eigenvalue weighted by atomic mass is 9.84. The predicted molar refractivity (Wildman–Crippen MR) is 103 cm³/mol. The van der Waals surface area contributed by atoms with Crippen molar-refractivity contribution in [1.29, 1.82) is 0 Å². The Bertz CT molecular complexity index is 982. The number of amides is 1. The summed E-state index contributed by atoms with van der Waals surface area (Å²) in [5.41, 5.74) is 0.218. The number of benzene rings is 1. The van der Waals surface area contributed by atoms with Crippen molar-refractivity contribution in [1.82, 2.24) is 9.88 Å². The van der Waals surface area contributed by atoms with Gasteiger partial charge in [-0.3, -0.25) is 9.59 Å². The molecule has 4 rings (SSSR count). The zero-order valence-electron chi connectivity index (χ0n) is 16.1. The van der Waals surface area contributed by atoms with E-state index in [-0.39, 0.29) is 17.5 Å². The summed E-state index contributed by atoms with van der Waals surface area (Å²) in [6.07, 6.45) is 4.57. The average molecular weight is 384 g/mol. The molecular formula is C21H24N2O5. The van der Waals surface area contributed by atoms with Gasteiger partial charge in [0, 0.05) is 16.9 Å². The Hall–Kier alpha value is -2.83. The van der Waals surface area contributed by atoms with Crippen molar-refractivity contribution in [2.75, 3.05) is 14.2 Å². The lowest BCUT2D eigenvalue weighted by molar-refractivity contribution is -0.145. The van der Waals surface area contributed by atoms with Gasteiger partial charge in [-0.15, -0.1) is 0 Å². The Morgan fingerprint density at radius 2 is 1.93 bits per heavy atom. The fourth-order valence-corrected chi connectivity index (χ4v) is 4.71. The van der Waals surface area contributed by atoms with Crippen LogP contribution >= 0.6 is 0 Å². The summed E-state index contributed by atoms with van der Waals surface area (Å²) in [5, 5.41) is 0.705. The van der Waals surface area contributed by atoms with Crippen LogP contribution in [0.5, 0.6) is 5.75 Å². The van der Waals surface area contributed by atoms with Crippen LogP contribution in [-0.4, -0.2) is 48.1 Å². The van der Waals surface area contributed by atoms with Gasteiger partial charge in [0.2, 0.25) is 0 Å². The van der Waals surface area contributed by atoms with Crippen LogP contribution in [0.2, 0.25) is 0 Å². The number of aromatic amines is 1. The minimum absolute atomic E-state index is 0.0224. The zero-order valence-corrected chi connectivity index (χ0v) is 16.1. The Morgan fingerprint density at radius 1 is 1.14 bits per heavy atom. The minimum atomic E-state index is -0.633. The van der Waals surface area contributed by atoms with Crippen molar-refractivity contribution >= 4 is 22.8 Å². The number of nitrogens with zero attached hydrogens (tertiary/aromatic N) is 1. The van der Waals surface area contributed by atoms with Crippen molar-refractivity contribution < 1.29 is 19.1 Å². The van der Waals surface area contributed by atoms with Crippen LogP contribution in [-0.2, 0) is 9.53 Å². The van der Waals surface area contributed by atoms with E-state index in [1.165, 1.54) is 7.11 Å². The van der Waals surface area contributed by atoms with E-state index in [4.69, 9.17) is 9.47 Å². The van der Waals surface area contributed by atoms with Crippen molar-refractivity contribution in [2.24, 2.45) is 5.92 Å². The third kappa shape index (κ3) is 3.04. The third-order valence-electron chi connectivity index (χ3n) is 6.08. The summed E-state index contributed by atoms with van der Waals surface area (Å²) in [6, 6.07) is 6.20. The van der Waals surface area contributed by atoms with Gasteiger partial charge in [-0.1, -0.05) is 12.8 Å². The third-order valence-corrected chi connectivity index (χ3v) is 6.08. The fourth-order valence-electron chi connectivity index (χ4n) is 4.71. The average Bonchev–Trinajstić information content (AvgIpc) is 3.11. The maximum atomic E-state index is 13.4. The SMILES string of the molecule is COC(=O)[C@@H]1C[C@@H]2CCCC[C@@H]2N1C(=O)c1cc2cc(OC)ccc2[nH]c1=O. The van der Waals surface area contributed by atoms with Gasteiger partial charge >= 0.3 is 5.97 Å². The highest BCUT2D eigenvalue weighted by Gasteiger charge is 2.48. The number of hydrogen-bond donors (Lipinski definition) is 1. The molecule has 0 spiro atoms. The molecule has 1 saturated carbocycles. The number of fused-ring (bicyclic) bond motifs is 2. The van der Waals surface area contributed by atoms with Crippen LogP contribution in [0, 0.1) is 5.92 Å². The van der Waals surface area contributed by atoms with E-state index in [0.717, 1.165) is 25.7 Å². The molecule has 0 radical (unpaired) electrons. The van der Waals surface area contributed by atoms with Crippen molar-refractivity contribution in [3.05, 3.63) is 40.2 Å². The number of H-pyrrole nitrogens is 1. The quantitative estimate of drug-likeness (QED) is 0.822. The molecule has 1 N–H and O–H groups in total. The largest absolute Gasteiger partial charge is 0.497 e. The number of ether oxygens (including phenoxy) is 2. The molecule has 1 aliphatic heterocycles. The number of rotatable bonds is 3. The maximum Gasteiger partial charge on any atom is 0.328 e. The predicted octanol–water partition coefficient (Wildman–Crippen LogP) is 2.48. The Kier molecular flexibility index (Phi) is 4.83. The zero-order chi connectivity index (χ0) is 19.8. The first-order chi connectivity index (χ1) is 13.5. The van der Waals surface area contributed by atoms with Gasteiger partial charge in [0.15, 0.2) is 0 Å². The molecule has 1 amide bonds. The number of nitrogens with one attached hydrogen (secondary N) is 1. The van der Waals surface area contributed by atoms with Gasteiger partial charge in [0.1, 0.15) is 17.4 Å². The lowest BCUT2D eigenvalue weighted by Crippen LogP contribution is -2.47. The number of hydrogen-bond acceptors (Lipinski definition) is 5. The molecule has 28 heavy (non-hydrogen) atoms. The molecule has 1 saturated heterocycles. The second-order valence-corrected chi connectivity index (χ2v) is 7.56. The van der Waals surface area contributed by atoms with E-state index >= 15 is 0 Å². The molecule has 7 nitrogen and oxygen atoms in total. The molecule has 2 aromatic rings. The van der Waals surface area contributed by atoms with Gasteiger partial charge < -0.3 is 19.4 Å². The first-order valence-corrected chi connectivity index (χ1v) is 9.65. The summed E-state index contributed by atoms with van der Waals surface area (Å²) >= 11 is 0. The molecule has 1 aromatic carbocycles. The van der Waals surface area contributed by atoms with Gasteiger partial charge in [-0.05, 0) is 49.4 Å². The van der Waals surface area contributed by atoms with Crippen LogP contribution in [0.1, 0.15) is 42.5 Å². The second kappa shape index (κ2) is 7.30. The van der Waals surface area contributed by atoms with Crippen molar-refractivity contribution in [2.45, 2.75) is 44.2 Å². The molecule has 0 bridgehead atoms. The molecule has 2 fully saturated rings. The maximum absolute atomic E-state index is 13.4. The molecule has 2 aliphatic rings. The minimum Gasteiger partial charge on any atom is -0.497 e. The standard InChI is InChI=1S/C21H24N2O5/c1-27-14-7-8-16-13(9-14)10-15(19(24)22-16)20(25)23-17-6-4-3-5-12(17)11-18(23)21(26)28-2/h7-10,12,17-18H,3-6,11H2,1-2H3,(H,22,24)/t12-,17-,18-/m0/s1. The molecule has 1 aliphatic carbocycles. The van der Waals surface area contributed by atoms with Crippen molar-refractivity contribution in [3.63, 3.8) is 0 Å². The smallest absolute Gasteiger partial charge is 0.328 e. The summed E-state index contributed by atoms with van der Waals surface area (Å²) < 4.78 is 10.2. The number of aromatic nitrogens is 1. The van der Waals surface area contributed by atoms with Crippen LogP contribution < -0.4 is 10.3 Å². The number of methoxy groups -OCH3 is 2. The normalized spacial score (nSPS) is 24.1. The molecule has 2 heterocycles. The molecule has 0 unspecified atom stereocenters. The van der Waals surface area contributed by atoms with Crippen molar-refractivity contribution in [3.8, 4) is 5.75 Å². The molecule has 7 heteroatoms. The number of carbonyl (C=O) groups excluding carboxylic acids is 2. The molecule has 3 atom stereocenters. The Labute approximate surface area is 162 Å². The van der Waals surface area contributed by atoms with E-state index in [1.54, 1.807) is 36.3 Å². The molecule has 148 valence electrons. The topological polar surface area (TPSA) is 88.7 Å². The fraction of sp³-hybridized carbons (Fsp3) is 0.476. The van der Waals surface area contributed by atoms with Gasteiger partial charge in [0.25, 0.3) is 11.5 Å². The van der Waals surface area contributed by atoms with Crippen LogP contribution in [0.4, 0.5) is 0 Å². The Morgan fingerprint density at radius 3 is 2.68 bits per heavy atom. The van der Waals surface area contributed by atoms with Gasteiger partial charge in [0.05, 0.1) is 14.2 Å². The summed E-state index contributed by atoms with van der Waals surface area (Å²) in [4.78, 5) is 42.8. The first kappa shape index (κ1) is 18.5.